The van der Waals surface area contributed by atoms with Gasteiger partial charge in [0.15, 0.2) is 5.16 Å². The van der Waals surface area contributed by atoms with Gasteiger partial charge in [-0.25, -0.2) is 9.97 Å². The van der Waals surface area contributed by atoms with E-state index < -0.39 is 0 Å². The SMILES string of the molecule is CSc1nc(N)cc(NCCCN2CCCC2)n1. The minimum absolute atomic E-state index is 0.524. The van der Waals surface area contributed by atoms with Gasteiger partial charge in [-0.1, -0.05) is 11.8 Å². The van der Waals surface area contributed by atoms with Gasteiger partial charge in [0.1, 0.15) is 11.6 Å². The third kappa shape index (κ3) is 4.03. The third-order valence-electron chi connectivity index (χ3n) is 3.06. The monoisotopic (exact) mass is 267 g/mol. The Hall–Kier alpha value is -1.01. The van der Waals surface area contributed by atoms with E-state index in [9.17, 15) is 0 Å². The van der Waals surface area contributed by atoms with E-state index in [0.717, 1.165) is 23.9 Å². The Balaban J connectivity index is 1.73. The molecule has 0 unspecified atom stereocenters. The van der Waals surface area contributed by atoms with Crippen LogP contribution < -0.4 is 11.1 Å². The molecule has 1 aromatic heterocycles. The molecule has 0 aromatic carbocycles. The first-order chi connectivity index (χ1) is 8.78. The maximum absolute atomic E-state index is 5.73. The lowest BCUT2D eigenvalue weighted by molar-refractivity contribution is 0.337. The predicted molar refractivity (Wildman–Crippen MR) is 77.0 cm³/mol. The van der Waals surface area contributed by atoms with Crippen molar-refractivity contribution in [1.82, 2.24) is 14.9 Å². The predicted octanol–water partition coefficient (Wildman–Crippen LogP) is 1.68. The second kappa shape index (κ2) is 6.80. The van der Waals surface area contributed by atoms with Gasteiger partial charge >= 0.3 is 0 Å². The molecule has 1 saturated heterocycles. The Morgan fingerprint density at radius 3 is 2.89 bits per heavy atom. The van der Waals surface area contributed by atoms with Crippen molar-refractivity contribution >= 4 is 23.4 Å². The fourth-order valence-corrected chi connectivity index (χ4v) is 2.54. The van der Waals surface area contributed by atoms with Gasteiger partial charge in [-0.3, -0.25) is 0 Å². The quantitative estimate of drug-likeness (QED) is 0.464. The van der Waals surface area contributed by atoms with Crippen LogP contribution in [0.5, 0.6) is 0 Å². The molecule has 2 rings (SSSR count). The average molecular weight is 267 g/mol. The molecule has 0 radical (unpaired) electrons. The van der Waals surface area contributed by atoms with Crippen LogP contribution in [-0.4, -0.2) is 47.3 Å². The number of hydrogen-bond donors (Lipinski definition) is 2. The Bertz CT molecular complexity index is 379. The smallest absolute Gasteiger partial charge is 0.191 e. The molecule has 2 heterocycles. The van der Waals surface area contributed by atoms with Crippen molar-refractivity contribution < 1.29 is 0 Å². The lowest BCUT2D eigenvalue weighted by Gasteiger charge is -2.14. The molecule has 3 N–H and O–H groups in total. The summed E-state index contributed by atoms with van der Waals surface area (Å²) in [5.41, 5.74) is 5.73. The molecule has 0 atom stereocenters. The van der Waals surface area contributed by atoms with E-state index in [0.29, 0.717) is 5.82 Å². The van der Waals surface area contributed by atoms with Crippen molar-refractivity contribution in [2.24, 2.45) is 0 Å². The van der Waals surface area contributed by atoms with Crippen LogP contribution in [0.4, 0.5) is 11.6 Å². The van der Waals surface area contributed by atoms with Crippen LogP contribution in [0.2, 0.25) is 0 Å². The largest absolute Gasteiger partial charge is 0.383 e. The zero-order valence-electron chi connectivity index (χ0n) is 10.9. The molecule has 0 spiro atoms. The van der Waals surface area contributed by atoms with Crippen molar-refractivity contribution in [2.45, 2.75) is 24.4 Å². The van der Waals surface area contributed by atoms with E-state index in [4.69, 9.17) is 5.73 Å². The first-order valence-electron chi connectivity index (χ1n) is 6.43. The number of rotatable bonds is 6. The molecule has 0 amide bonds. The van der Waals surface area contributed by atoms with E-state index in [1.54, 1.807) is 6.07 Å². The summed E-state index contributed by atoms with van der Waals surface area (Å²) in [5, 5.41) is 4.03. The zero-order valence-corrected chi connectivity index (χ0v) is 11.7. The van der Waals surface area contributed by atoms with Gasteiger partial charge in [-0.15, -0.1) is 0 Å². The van der Waals surface area contributed by atoms with E-state index >= 15 is 0 Å². The van der Waals surface area contributed by atoms with Gasteiger partial charge in [0.2, 0.25) is 0 Å². The summed E-state index contributed by atoms with van der Waals surface area (Å²) in [5.74, 6) is 1.35. The molecule has 1 aliphatic heterocycles. The number of nitrogens with one attached hydrogen (secondary N) is 1. The number of thioether (sulfide) groups is 1. The molecule has 5 nitrogen and oxygen atoms in total. The summed E-state index contributed by atoms with van der Waals surface area (Å²) in [6.07, 6.45) is 5.80. The normalized spacial score (nSPS) is 16.1. The average Bonchev–Trinajstić information content (AvgIpc) is 2.87. The van der Waals surface area contributed by atoms with Crippen molar-refractivity contribution in [1.29, 1.82) is 0 Å². The molecule has 1 fully saturated rings. The van der Waals surface area contributed by atoms with E-state index in [1.165, 1.54) is 44.2 Å². The Labute approximate surface area is 113 Å². The fourth-order valence-electron chi connectivity index (χ4n) is 2.15. The van der Waals surface area contributed by atoms with Crippen molar-refractivity contribution in [3.8, 4) is 0 Å². The molecule has 0 saturated carbocycles. The lowest BCUT2D eigenvalue weighted by atomic mass is 10.4. The molecule has 1 aromatic rings. The van der Waals surface area contributed by atoms with Gasteiger partial charge < -0.3 is 16.0 Å². The Kier molecular flexibility index (Phi) is 5.07. The number of nitrogens with two attached hydrogens (primary N) is 1. The highest BCUT2D eigenvalue weighted by molar-refractivity contribution is 7.98. The number of nitrogen functional groups attached to an aromatic ring is 1. The minimum atomic E-state index is 0.524. The van der Waals surface area contributed by atoms with Crippen LogP contribution >= 0.6 is 11.8 Å². The van der Waals surface area contributed by atoms with Crippen LogP contribution in [0.1, 0.15) is 19.3 Å². The van der Waals surface area contributed by atoms with Gasteiger partial charge in [0.05, 0.1) is 0 Å². The van der Waals surface area contributed by atoms with Gasteiger partial charge in [-0.2, -0.15) is 0 Å². The summed E-state index contributed by atoms with van der Waals surface area (Å²) in [4.78, 5) is 11.0. The van der Waals surface area contributed by atoms with Crippen LogP contribution in [0.25, 0.3) is 0 Å². The summed E-state index contributed by atoms with van der Waals surface area (Å²) in [6.45, 7) is 4.62. The molecule has 18 heavy (non-hydrogen) atoms. The second-order valence-corrected chi connectivity index (χ2v) is 5.27. The fraction of sp³-hybridized carbons (Fsp3) is 0.667. The van der Waals surface area contributed by atoms with Gasteiger partial charge in [0.25, 0.3) is 0 Å². The standard InChI is InChI=1S/C12H21N5S/c1-18-12-15-10(13)9-11(16-12)14-5-4-8-17-6-2-3-7-17/h9H,2-8H2,1H3,(H3,13,14,15,16). The molecule has 100 valence electrons. The number of likely N-dealkylation sites (tertiary alicyclic amines) is 1. The van der Waals surface area contributed by atoms with Crippen molar-refractivity contribution in [2.75, 3.05) is 43.5 Å². The summed E-state index contributed by atoms with van der Waals surface area (Å²) in [6, 6.07) is 1.79. The molecule has 1 aliphatic rings. The number of nitrogens with zero attached hydrogens (tertiary/aromatic N) is 3. The van der Waals surface area contributed by atoms with Gasteiger partial charge in [-0.05, 0) is 45.2 Å². The second-order valence-electron chi connectivity index (χ2n) is 4.49. The number of anilines is 2. The summed E-state index contributed by atoms with van der Waals surface area (Å²) in [7, 11) is 0. The first kappa shape index (κ1) is 13.4. The van der Waals surface area contributed by atoms with Crippen LogP contribution in [-0.2, 0) is 0 Å². The zero-order chi connectivity index (χ0) is 12.8. The summed E-state index contributed by atoms with van der Waals surface area (Å²) >= 11 is 1.51. The molecular formula is C12H21N5S. The van der Waals surface area contributed by atoms with E-state index in [-0.39, 0.29) is 0 Å². The molecule has 0 aliphatic carbocycles. The molecule has 6 heteroatoms. The third-order valence-corrected chi connectivity index (χ3v) is 3.61. The first-order valence-corrected chi connectivity index (χ1v) is 7.65. The molecular weight excluding hydrogens is 246 g/mol. The van der Waals surface area contributed by atoms with E-state index in [2.05, 4.69) is 20.2 Å². The van der Waals surface area contributed by atoms with Crippen molar-refractivity contribution in [3.05, 3.63) is 6.07 Å². The number of aromatic nitrogens is 2. The highest BCUT2D eigenvalue weighted by atomic mass is 32.2. The van der Waals surface area contributed by atoms with Crippen LogP contribution in [0.15, 0.2) is 11.2 Å². The van der Waals surface area contributed by atoms with Crippen LogP contribution in [0.3, 0.4) is 0 Å². The maximum atomic E-state index is 5.73. The Morgan fingerprint density at radius 2 is 2.17 bits per heavy atom. The highest BCUT2D eigenvalue weighted by Gasteiger charge is 2.10. The highest BCUT2D eigenvalue weighted by Crippen LogP contribution is 2.15. The molecule has 0 bridgehead atoms. The van der Waals surface area contributed by atoms with Crippen molar-refractivity contribution in [3.63, 3.8) is 0 Å². The maximum Gasteiger partial charge on any atom is 0.191 e. The lowest BCUT2D eigenvalue weighted by Crippen LogP contribution is -2.22. The Morgan fingerprint density at radius 1 is 1.39 bits per heavy atom. The van der Waals surface area contributed by atoms with Crippen LogP contribution in [0, 0.1) is 0 Å². The summed E-state index contributed by atoms with van der Waals surface area (Å²) < 4.78 is 0. The number of hydrogen-bond acceptors (Lipinski definition) is 6. The minimum Gasteiger partial charge on any atom is -0.383 e. The van der Waals surface area contributed by atoms with Gasteiger partial charge in [0, 0.05) is 12.6 Å². The van der Waals surface area contributed by atoms with E-state index in [1.807, 2.05) is 6.26 Å². The topological polar surface area (TPSA) is 67.1 Å².